The van der Waals surface area contributed by atoms with Crippen molar-refractivity contribution in [2.24, 2.45) is 0 Å². The van der Waals surface area contributed by atoms with Gasteiger partial charge >= 0.3 is 12.3 Å². The highest BCUT2D eigenvalue weighted by atomic mass is 19.4. The zero-order valence-electron chi connectivity index (χ0n) is 14.6. The summed E-state index contributed by atoms with van der Waals surface area (Å²) in [5.41, 5.74) is 0. The summed E-state index contributed by atoms with van der Waals surface area (Å²) in [5.74, 6) is -1.12. The summed E-state index contributed by atoms with van der Waals surface area (Å²) >= 11 is 0. The van der Waals surface area contributed by atoms with Gasteiger partial charge in [0.15, 0.2) is 6.67 Å². The van der Waals surface area contributed by atoms with Gasteiger partial charge in [0, 0.05) is 13.0 Å². The molecule has 0 aliphatic carbocycles. The molecule has 0 rings (SSSR count). The summed E-state index contributed by atoms with van der Waals surface area (Å²) in [5, 5.41) is 12.3. The number of carbonyl (C=O) groups excluding carboxylic acids is 2. The van der Waals surface area contributed by atoms with Crippen molar-refractivity contribution < 1.29 is 45.5 Å². The summed E-state index contributed by atoms with van der Waals surface area (Å²) in [6.07, 6.45) is -5.66. The molecule has 0 radical (unpaired) electrons. The van der Waals surface area contributed by atoms with Gasteiger partial charge in [-0.1, -0.05) is 0 Å². The lowest BCUT2D eigenvalue weighted by molar-refractivity contribution is -0.884. The third-order valence-corrected chi connectivity index (χ3v) is 2.15. The maximum Gasteiger partial charge on any atom is 0.416 e. The zero-order valence-corrected chi connectivity index (χ0v) is 14.6. The molecule has 0 aliphatic rings. The number of hydrogen-bond donors (Lipinski definition) is 1. The fraction of sp³-hybridized carbons (Fsp3) is 0.846. The van der Waals surface area contributed by atoms with E-state index in [-0.39, 0.29) is 24.4 Å². The number of carbonyl (C=O) groups is 2. The Morgan fingerprint density at radius 1 is 1.16 bits per heavy atom. The van der Waals surface area contributed by atoms with Crippen LogP contribution in [-0.4, -0.2) is 89.0 Å². The number of nitrogens with zero attached hydrogens (tertiary/aromatic N) is 2. The monoisotopic (exact) mass is 385 g/mol. The molecule has 1 amide bonds. The second kappa shape index (κ2) is 14.8. The van der Waals surface area contributed by atoms with Crippen molar-refractivity contribution in [1.29, 1.82) is 0 Å². The highest BCUT2D eigenvalue weighted by molar-refractivity contribution is 5.65. The standard InChI is InChI=1S/C8H15FN2O3.C3H8FN.C2H2F4/c1-11(2,6-7(12)13)5-3-4-10-8(9)14;1-5(2)3-4;3-1-2(4,5)6/h3-6H2,1-2H3,(H-,10,12,13,14);3H2,1-2H3;1H2. The summed E-state index contributed by atoms with van der Waals surface area (Å²) in [6.45, 7) is -1.94. The molecule has 152 valence electrons. The van der Waals surface area contributed by atoms with Gasteiger partial charge < -0.3 is 19.7 Å². The van der Waals surface area contributed by atoms with E-state index in [1.807, 2.05) is 5.32 Å². The molecule has 0 aromatic carbocycles. The third kappa shape index (κ3) is 34.7. The predicted molar refractivity (Wildman–Crippen MR) is 77.7 cm³/mol. The number of aliphatic carboxylic acids is 1. The molecule has 0 saturated carbocycles. The number of quaternary nitrogens is 1. The van der Waals surface area contributed by atoms with E-state index in [1.165, 1.54) is 4.90 Å². The van der Waals surface area contributed by atoms with Crippen molar-refractivity contribution in [3.05, 3.63) is 0 Å². The summed E-state index contributed by atoms with van der Waals surface area (Å²) < 4.78 is 64.6. The molecular weight excluding hydrogens is 360 g/mol. The lowest BCUT2D eigenvalue weighted by Gasteiger charge is -2.29. The molecule has 0 spiro atoms. The van der Waals surface area contributed by atoms with Crippen LogP contribution in [0.1, 0.15) is 6.42 Å². The fourth-order valence-corrected chi connectivity index (χ4v) is 1.12. The van der Waals surface area contributed by atoms with Crippen LogP contribution in [0.2, 0.25) is 0 Å². The number of carboxylic acids is 1. The van der Waals surface area contributed by atoms with Crippen LogP contribution in [0.3, 0.4) is 0 Å². The van der Waals surface area contributed by atoms with Crippen molar-refractivity contribution in [1.82, 2.24) is 10.2 Å². The maximum atomic E-state index is 11.7. The first-order chi connectivity index (χ1) is 11.2. The van der Waals surface area contributed by atoms with E-state index in [2.05, 4.69) is 0 Å². The molecule has 0 bridgehead atoms. The molecular formula is C13H25F6N3O3. The number of alkyl halides is 5. The third-order valence-electron chi connectivity index (χ3n) is 2.15. The molecule has 0 unspecified atom stereocenters. The normalized spacial score (nSPS) is 11.0. The Morgan fingerprint density at radius 2 is 1.56 bits per heavy atom. The maximum absolute atomic E-state index is 11.7. The van der Waals surface area contributed by atoms with Crippen molar-refractivity contribution in [3.63, 3.8) is 0 Å². The Balaban J connectivity index is -0.000000362. The Kier molecular flexibility index (Phi) is 16.7. The van der Waals surface area contributed by atoms with Crippen molar-refractivity contribution in [2.45, 2.75) is 12.6 Å². The topological polar surface area (TPSA) is 72.5 Å². The first-order valence-electron chi connectivity index (χ1n) is 6.95. The van der Waals surface area contributed by atoms with Gasteiger partial charge in [0.2, 0.25) is 0 Å². The Hall–Kier alpha value is -1.56. The molecule has 0 aromatic heterocycles. The highest BCUT2D eigenvalue weighted by Gasteiger charge is 2.26. The van der Waals surface area contributed by atoms with Crippen molar-refractivity contribution in [3.8, 4) is 0 Å². The molecule has 0 heterocycles. The van der Waals surface area contributed by atoms with E-state index in [0.29, 0.717) is 13.0 Å². The van der Waals surface area contributed by atoms with E-state index in [9.17, 15) is 41.0 Å². The molecule has 25 heavy (non-hydrogen) atoms. The number of hydrogen-bond acceptors (Lipinski definition) is 4. The van der Waals surface area contributed by atoms with Gasteiger partial charge in [-0.3, -0.25) is 4.90 Å². The van der Waals surface area contributed by atoms with Crippen molar-refractivity contribution in [2.75, 3.05) is 61.3 Å². The minimum atomic E-state index is -4.62. The first-order valence-corrected chi connectivity index (χ1v) is 6.95. The smallest absolute Gasteiger partial charge is 0.416 e. The molecule has 1 N–H and O–H groups in total. The van der Waals surface area contributed by atoms with Gasteiger partial charge in [0.25, 0.3) is 0 Å². The molecule has 12 heteroatoms. The Bertz CT molecular complexity index is 365. The molecule has 6 nitrogen and oxygen atoms in total. The zero-order chi connectivity index (χ0) is 20.7. The number of amides is 1. The average Bonchev–Trinajstić information content (AvgIpc) is 2.42. The molecule has 0 fully saturated rings. The lowest BCUT2D eigenvalue weighted by Crippen LogP contribution is -2.49. The molecule has 0 aromatic rings. The van der Waals surface area contributed by atoms with Gasteiger partial charge in [0.1, 0.15) is 13.3 Å². The molecule has 0 saturated heterocycles. The van der Waals surface area contributed by atoms with Gasteiger partial charge in [-0.2, -0.15) is 13.2 Å². The second-order valence-corrected chi connectivity index (χ2v) is 5.69. The van der Waals surface area contributed by atoms with Crippen LogP contribution < -0.4 is 10.4 Å². The minimum Gasteiger partial charge on any atom is -0.544 e. The Labute approximate surface area is 143 Å². The number of rotatable bonds is 7. The summed E-state index contributed by atoms with van der Waals surface area (Å²) in [4.78, 5) is 21.6. The lowest BCUT2D eigenvalue weighted by atomic mass is 10.3. The van der Waals surface area contributed by atoms with Crippen LogP contribution >= 0.6 is 0 Å². The highest BCUT2D eigenvalue weighted by Crippen LogP contribution is 2.13. The van der Waals surface area contributed by atoms with Crippen LogP contribution in [0.25, 0.3) is 0 Å². The van der Waals surface area contributed by atoms with Gasteiger partial charge in [-0.25, -0.2) is 13.6 Å². The average molecular weight is 385 g/mol. The van der Waals surface area contributed by atoms with E-state index >= 15 is 0 Å². The second-order valence-electron chi connectivity index (χ2n) is 5.69. The number of likely N-dealkylation sites (N-methyl/N-ethyl adjacent to an activating group) is 1. The van der Waals surface area contributed by atoms with E-state index in [4.69, 9.17) is 0 Å². The van der Waals surface area contributed by atoms with E-state index in [1.54, 1.807) is 28.2 Å². The quantitative estimate of drug-likeness (QED) is 0.232. The minimum absolute atomic E-state index is 0.0937. The number of carboxylic acid groups (broad SMARTS) is 1. The summed E-state index contributed by atoms with van der Waals surface area (Å²) in [6, 6.07) is 0. The molecule has 0 aliphatic heterocycles. The van der Waals surface area contributed by atoms with Gasteiger partial charge in [-0.05, 0) is 14.1 Å². The van der Waals surface area contributed by atoms with Crippen LogP contribution in [0.4, 0.5) is 31.1 Å². The van der Waals surface area contributed by atoms with Crippen LogP contribution in [-0.2, 0) is 4.79 Å². The Morgan fingerprint density at radius 3 is 1.80 bits per heavy atom. The first kappa shape index (κ1) is 28.3. The van der Waals surface area contributed by atoms with Crippen molar-refractivity contribution >= 4 is 12.1 Å². The van der Waals surface area contributed by atoms with E-state index < -0.39 is 25.0 Å². The predicted octanol–water partition coefficient (Wildman–Crippen LogP) is 0.875. The van der Waals surface area contributed by atoms with Gasteiger partial charge in [0.05, 0.1) is 26.6 Å². The molecule has 0 atom stereocenters. The van der Waals surface area contributed by atoms with E-state index in [0.717, 1.165) is 0 Å². The SMILES string of the molecule is CN(C)CF.C[N+](C)(CCCNC(=O)F)CC(=O)[O-].FCC(F)(F)F. The fourth-order valence-electron chi connectivity index (χ4n) is 1.12. The number of halogens is 6. The van der Waals surface area contributed by atoms with Crippen LogP contribution in [0, 0.1) is 0 Å². The number of nitrogens with one attached hydrogen (secondary N) is 1. The van der Waals surface area contributed by atoms with Crippen LogP contribution in [0.15, 0.2) is 0 Å². The summed E-state index contributed by atoms with van der Waals surface area (Å²) in [7, 11) is 6.82. The largest absolute Gasteiger partial charge is 0.544 e. The van der Waals surface area contributed by atoms with Gasteiger partial charge in [-0.15, -0.1) is 4.39 Å². The van der Waals surface area contributed by atoms with Crippen LogP contribution in [0.5, 0.6) is 0 Å².